The number of rotatable bonds is 6. The third-order valence-corrected chi connectivity index (χ3v) is 6.32. The summed E-state index contributed by atoms with van der Waals surface area (Å²) in [6, 6.07) is 3.56. The third kappa shape index (κ3) is 4.90. The number of carbonyl (C=O) groups excluding carboxylic acids is 1. The first-order chi connectivity index (χ1) is 12.6. The molecule has 0 bridgehead atoms. The molecule has 2 fully saturated rings. The van der Waals surface area contributed by atoms with Gasteiger partial charge in [0.25, 0.3) is 5.56 Å². The van der Waals surface area contributed by atoms with Crippen molar-refractivity contribution in [1.82, 2.24) is 10.0 Å². The Morgan fingerprint density at radius 3 is 2.92 bits per heavy atom. The van der Waals surface area contributed by atoms with Gasteiger partial charge in [0.2, 0.25) is 5.91 Å². The zero-order chi connectivity index (χ0) is 18.4. The van der Waals surface area contributed by atoms with Crippen LogP contribution in [-0.2, 0) is 20.9 Å². The number of thioether (sulfide) groups is 1. The molecule has 0 aliphatic carbocycles. The zero-order valence-electron chi connectivity index (χ0n) is 15.4. The number of carbonyl (C=O) groups is 1. The second kappa shape index (κ2) is 9.06. The SMILES string of the molecule is Cc1ccn(CCC2(C(=O)NOC3CCCCO3)CCSCC2)c(=O)c1. The minimum atomic E-state index is -0.482. The van der Waals surface area contributed by atoms with Crippen LogP contribution in [0.4, 0.5) is 0 Å². The van der Waals surface area contributed by atoms with E-state index >= 15 is 0 Å². The maximum Gasteiger partial charge on any atom is 0.250 e. The first kappa shape index (κ1) is 19.5. The number of hydrogen-bond donors (Lipinski definition) is 1. The molecule has 1 aromatic heterocycles. The Labute approximate surface area is 158 Å². The lowest BCUT2D eigenvalue weighted by Crippen LogP contribution is -2.46. The molecule has 1 amide bonds. The number of hydrogen-bond acceptors (Lipinski definition) is 5. The first-order valence-electron chi connectivity index (χ1n) is 9.42. The molecule has 144 valence electrons. The normalized spacial score (nSPS) is 22.7. The summed E-state index contributed by atoms with van der Waals surface area (Å²) in [5.41, 5.74) is 3.12. The van der Waals surface area contributed by atoms with E-state index in [1.54, 1.807) is 10.6 Å². The predicted molar refractivity (Wildman–Crippen MR) is 102 cm³/mol. The molecule has 7 heteroatoms. The maximum absolute atomic E-state index is 12.9. The van der Waals surface area contributed by atoms with Gasteiger partial charge in [0.05, 0.1) is 5.41 Å². The quantitative estimate of drug-likeness (QED) is 0.769. The number of nitrogens with one attached hydrogen (secondary N) is 1. The molecular formula is C19H28N2O4S. The summed E-state index contributed by atoms with van der Waals surface area (Å²) in [7, 11) is 0. The van der Waals surface area contributed by atoms with Gasteiger partial charge < -0.3 is 9.30 Å². The molecule has 1 aromatic rings. The Kier molecular flexibility index (Phi) is 6.78. The molecule has 1 unspecified atom stereocenters. The molecule has 1 N–H and O–H groups in total. The summed E-state index contributed by atoms with van der Waals surface area (Å²) < 4.78 is 7.21. The molecule has 2 aliphatic heterocycles. The fourth-order valence-corrected chi connectivity index (χ4v) is 4.78. The summed E-state index contributed by atoms with van der Waals surface area (Å²) in [6.07, 6.45) is 6.62. The lowest BCUT2D eigenvalue weighted by atomic mass is 9.78. The Balaban J connectivity index is 1.63. The maximum atomic E-state index is 12.9. The van der Waals surface area contributed by atoms with Gasteiger partial charge in [-0.15, -0.1) is 0 Å². The molecule has 1 atom stereocenters. The molecular weight excluding hydrogens is 352 g/mol. The van der Waals surface area contributed by atoms with Gasteiger partial charge in [-0.05, 0) is 62.2 Å². The van der Waals surface area contributed by atoms with E-state index in [4.69, 9.17) is 9.57 Å². The topological polar surface area (TPSA) is 69.6 Å². The predicted octanol–water partition coefficient (Wildman–Crippen LogP) is 2.63. The van der Waals surface area contributed by atoms with Gasteiger partial charge in [0.1, 0.15) is 0 Å². The summed E-state index contributed by atoms with van der Waals surface area (Å²) >= 11 is 1.87. The highest BCUT2D eigenvalue weighted by Crippen LogP contribution is 2.38. The molecule has 6 nitrogen and oxygen atoms in total. The Bertz CT molecular complexity index is 664. The number of aromatic nitrogens is 1. The van der Waals surface area contributed by atoms with E-state index in [-0.39, 0.29) is 17.8 Å². The Hall–Kier alpha value is -1.31. The Morgan fingerprint density at radius 2 is 2.23 bits per heavy atom. The summed E-state index contributed by atoms with van der Waals surface area (Å²) in [5, 5.41) is 0. The number of amides is 1. The van der Waals surface area contributed by atoms with E-state index in [0.717, 1.165) is 49.2 Å². The van der Waals surface area contributed by atoms with Gasteiger partial charge in [-0.1, -0.05) is 0 Å². The standard InChI is InChI=1S/C19H28N2O4S/c1-15-5-9-21(16(22)14-15)10-6-19(7-12-26-13-8-19)18(23)20-25-17-4-2-3-11-24-17/h5,9,14,17H,2-4,6-8,10-13H2,1H3,(H,20,23). The summed E-state index contributed by atoms with van der Waals surface area (Å²) in [5.74, 6) is 1.83. The van der Waals surface area contributed by atoms with E-state index in [0.29, 0.717) is 19.6 Å². The largest absolute Gasteiger partial charge is 0.350 e. The highest BCUT2D eigenvalue weighted by molar-refractivity contribution is 7.99. The smallest absolute Gasteiger partial charge is 0.250 e. The van der Waals surface area contributed by atoms with Crippen LogP contribution in [-0.4, -0.2) is 34.9 Å². The lowest BCUT2D eigenvalue weighted by Gasteiger charge is -2.36. The van der Waals surface area contributed by atoms with Gasteiger partial charge in [0, 0.05) is 31.8 Å². The number of hydroxylamine groups is 1. The average molecular weight is 381 g/mol. The van der Waals surface area contributed by atoms with Gasteiger partial charge >= 0.3 is 0 Å². The van der Waals surface area contributed by atoms with Crippen LogP contribution in [0.2, 0.25) is 0 Å². The first-order valence-corrected chi connectivity index (χ1v) is 10.6. The molecule has 0 radical (unpaired) electrons. The highest BCUT2D eigenvalue weighted by atomic mass is 32.2. The van der Waals surface area contributed by atoms with Gasteiger partial charge in [-0.3, -0.25) is 9.59 Å². The zero-order valence-corrected chi connectivity index (χ0v) is 16.2. The van der Waals surface area contributed by atoms with Crippen LogP contribution in [0.15, 0.2) is 23.1 Å². The van der Waals surface area contributed by atoms with E-state index in [1.807, 2.05) is 30.9 Å². The molecule has 0 aromatic carbocycles. The molecule has 0 spiro atoms. The van der Waals surface area contributed by atoms with Crippen LogP contribution < -0.4 is 11.0 Å². The van der Waals surface area contributed by atoms with Crippen LogP contribution in [0.1, 0.15) is 44.1 Å². The average Bonchev–Trinajstić information content (AvgIpc) is 2.67. The van der Waals surface area contributed by atoms with Crippen molar-refractivity contribution in [2.75, 3.05) is 18.1 Å². The molecule has 3 rings (SSSR count). The molecule has 2 aliphatic rings. The van der Waals surface area contributed by atoms with E-state index in [9.17, 15) is 9.59 Å². The van der Waals surface area contributed by atoms with Crippen LogP contribution in [0.3, 0.4) is 0 Å². The number of ether oxygens (including phenoxy) is 1. The Morgan fingerprint density at radius 1 is 1.42 bits per heavy atom. The molecule has 3 heterocycles. The van der Waals surface area contributed by atoms with E-state index in [1.165, 1.54) is 0 Å². The van der Waals surface area contributed by atoms with Crippen LogP contribution in [0.5, 0.6) is 0 Å². The highest BCUT2D eigenvalue weighted by Gasteiger charge is 2.40. The van der Waals surface area contributed by atoms with Crippen molar-refractivity contribution >= 4 is 17.7 Å². The van der Waals surface area contributed by atoms with Crippen LogP contribution in [0.25, 0.3) is 0 Å². The van der Waals surface area contributed by atoms with Crippen LogP contribution >= 0.6 is 11.8 Å². The minimum absolute atomic E-state index is 0.0161. The number of aryl methyl sites for hydroxylation is 2. The van der Waals surface area contributed by atoms with Gasteiger partial charge in [-0.2, -0.15) is 11.8 Å². The fraction of sp³-hybridized carbons (Fsp3) is 0.684. The molecule has 26 heavy (non-hydrogen) atoms. The van der Waals surface area contributed by atoms with Crippen molar-refractivity contribution in [2.45, 2.75) is 58.3 Å². The van der Waals surface area contributed by atoms with Gasteiger partial charge in [0.15, 0.2) is 6.29 Å². The van der Waals surface area contributed by atoms with Crippen LogP contribution in [0, 0.1) is 12.3 Å². The minimum Gasteiger partial charge on any atom is -0.350 e. The number of nitrogens with zero attached hydrogens (tertiary/aromatic N) is 1. The van der Waals surface area contributed by atoms with Crippen molar-refractivity contribution in [3.63, 3.8) is 0 Å². The monoisotopic (exact) mass is 380 g/mol. The fourth-order valence-electron chi connectivity index (χ4n) is 3.51. The van der Waals surface area contributed by atoms with E-state index in [2.05, 4.69) is 5.48 Å². The van der Waals surface area contributed by atoms with Crippen molar-refractivity contribution in [3.05, 3.63) is 34.2 Å². The third-order valence-electron chi connectivity index (χ3n) is 5.34. The van der Waals surface area contributed by atoms with Crippen molar-refractivity contribution in [2.24, 2.45) is 5.41 Å². The summed E-state index contributed by atoms with van der Waals surface area (Å²) in [4.78, 5) is 30.6. The van der Waals surface area contributed by atoms with E-state index < -0.39 is 5.41 Å². The van der Waals surface area contributed by atoms with Crippen molar-refractivity contribution < 1.29 is 14.4 Å². The number of pyridine rings is 1. The molecule has 2 saturated heterocycles. The second-order valence-corrected chi connectivity index (χ2v) is 8.45. The van der Waals surface area contributed by atoms with Crippen molar-refractivity contribution in [3.8, 4) is 0 Å². The lowest BCUT2D eigenvalue weighted by molar-refractivity contribution is -0.205. The van der Waals surface area contributed by atoms with Crippen molar-refractivity contribution in [1.29, 1.82) is 0 Å². The molecule has 0 saturated carbocycles. The second-order valence-electron chi connectivity index (χ2n) is 7.22. The van der Waals surface area contributed by atoms with Gasteiger partial charge in [-0.25, -0.2) is 10.3 Å². The summed E-state index contributed by atoms with van der Waals surface area (Å²) in [6.45, 7) is 3.12.